The van der Waals surface area contributed by atoms with E-state index in [0.717, 1.165) is 27.7 Å². The number of carbonyl (C=O) groups is 1. The zero-order valence-electron chi connectivity index (χ0n) is 16.0. The van der Waals surface area contributed by atoms with Crippen molar-refractivity contribution in [2.45, 2.75) is 19.4 Å². The molecule has 0 aliphatic rings. The van der Waals surface area contributed by atoms with Crippen LogP contribution in [0.25, 0.3) is 22.2 Å². The summed E-state index contributed by atoms with van der Waals surface area (Å²) in [5, 5.41) is 28.3. The maximum absolute atomic E-state index is 11.1. The van der Waals surface area contributed by atoms with Gasteiger partial charge in [0, 0.05) is 34.3 Å². The molecule has 1 aromatic heterocycles. The number of carboxylic acids is 1. The van der Waals surface area contributed by atoms with Gasteiger partial charge < -0.3 is 26.9 Å². The number of H-pyrrole nitrogens is 1. The molecule has 0 spiro atoms. The van der Waals surface area contributed by atoms with Crippen molar-refractivity contribution in [2.75, 3.05) is 6.54 Å². The summed E-state index contributed by atoms with van der Waals surface area (Å²) in [5.74, 6) is -0.895. The van der Waals surface area contributed by atoms with Crippen LogP contribution in [0.4, 0.5) is 0 Å². The minimum Gasteiger partial charge on any atom is -0.480 e. The van der Waals surface area contributed by atoms with Crippen LogP contribution in [0.3, 0.4) is 0 Å². The monoisotopic (exact) mass is 392 g/mol. The minimum atomic E-state index is -0.893. The molecular formula is C21H24N6O2. The highest BCUT2D eigenvalue weighted by atomic mass is 16.4. The number of nitrogens with one attached hydrogen (secondary N) is 4. The SMILES string of the molecule is CC(NCCc1c(-c2ccc(C(=N)N)cc2)[nH]c2cc(C(=N)N)ccc12)C(=O)O. The summed E-state index contributed by atoms with van der Waals surface area (Å²) in [4.78, 5) is 14.5. The van der Waals surface area contributed by atoms with Crippen LogP contribution in [0, 0.1) is 10.8 Å². The largest absolute Gasteiger partial charge is 0.480 e. The van der Waals surface area contributed by atoms with E-state index in [0.29, 0.717) is 24.1 Å². The van der Waals surface area contributed by atoms with Crippen molar-refractivity contribution in [1.29, 1.82) is 10.8 Å². The average Bonchev–Trinajstić information content (AvgIpc) is 3.05. The number of amidine groups is 2. The Morgan fingerprint density at radius 1 is 1.10 bits per heavy atom. The second-order valence-corrected chi connectivity index (χ2v) is 6.91. The summed E-state index contributed by atoms with van der Waals surface area (Å²) in [6.07, 6.45) is 0.612. The van der Waals surface area contributed by atoms with E-state index in [-0.39, 0.29) is 11.7 Å². The Bertz CT molecular complexity index is 1080. The van der Waals surface area contributed by atoms with Crippen molar-refractivity contribution in [1.82, 2.24) is 10.3 Å². The molecule has 0 saturated heterocycles. The number of rotatable bonds is 8. The van der Waals surface area contributed by atoms with Gasteiger partial charge in [0.25, 0.3) is 0 Å². The highest BCUT2D eigenvalue weighted by molar-refractivity contribution is 6.01. The summed E-state index contributed by atoms with van der Waals surface area (Å²) in [6, 6.07) is 12.3. The van der Waals surface area contributed by atoms with Gasteiger partial charge in [0.15, 0.2) is 0 Å². The summed E-state index contributed by atoms with van der Waals surface area (Å²) >= 11 is 0. The van der Waals surface area contributed by atoms with E-state index in [9.17, 15) is 4.79 Å². The van der Waals surface area contributed by atoms with Gasteiger partial charge in [-0.05, 0) is 30.5 Å². The highest BCUT2D eigenvalue weighted by Gasteiger charge is 2.16. The summed E-state index contributed by atoms with van der Waals surface area (Å²) in [5.41, 5.74) is 16.2. The van der Waals surface area contributed by atoms with Crippen molar-refractivity contribution in [3.63, 3.8) is 0 Å². The third-order valence-electron chi connectivity index (χ3n) is 4.90. The Labute approximate surface area is 167 Å². The zero-order chi connectivity index (χ0) is 21.1. The van der Waals surface area contributed by atoms with Gasteiger partial charge in [-0.2, -0.15) is 0 Å². The predicted octanol–water partition coefficient (Wildman–Crippen LogP) is 2.01. The maximum Gasteiger partial charge on any atom is 0.320 e. The first-order valence-corrected chi connectivity index (χ1v) is 9.18. The Balaban J connectivity index is 2.02. The number of hydrogen-bond acceptors (Lipinski definition) is 4. The fraction of sp³-hybridized carbons (Fsp3) is 0.190. The maximum atomic E-state index is 11.1. The van der Waals surface area contributed by atoms with Gasteiger partial charge in [-0.15, -0.1) is 0 Å². The fourth-order valence-corrected chi connectivity index (χ4v) is 3.25. The van der Waals surface area contributed by atoms with Crippen LogP contribution in [0.5, 0.6) is 0 Å². The lowest BCUT2D eigenvalue weighted by atomic mass is 10.0. The van der Waals surface area contributed by atoms with Crippen molar-refractivity contribution in [3.05, 3.63) is 59.2 Å². The molecule has 3 rings (SSSR count). The van der Waals surface area contributed by atoms with Crippen molar-refractivity contribution in [3.8, 4) is 11.3 Å². The summed E-state index contributed by atoms with van der Waals surface area (Å²) in [6.45, 7) is 2.10. The number of aliphatic carboxylic acids is 1. The number of aromatic amines is 1. The Hall–Kier alpha value is -3.65. The quantitative estimate of drug-likeness (QED) is 0.230. The Morgan fingerprint density at radius 2 is 1.72 bits per heavy atom. The summed E-state index contributed by atoms with van der Waals surface area (Å²) in [7, 11) is 0. The number of fused-ring (bicyclic) bond motifs is 1. The van der Waals surface area contributed by atoms with E-state index in [1.54, 1.807) is 25.1 Å². The topological polar surface area (TPSA) is 165 Å². The molecule has 0 bridgehead atoms. The number of aromatic nitrogens is 1. The van der Waals surface area contributed by atoms with Gasteiger partial charge in [0.1, 0.15) is 17.7 Å². The van der Waals surface area contributed by atoms with E-state index in [4.69, 9.17) is 27.4 Å². The third-order valence-corrected chi connectivity index (χ3v) is 4.90. The average molecular weight is 392 g/mol. The first-order valence-electron chi connectivity index (χ1n) is 9.18. The first kappa shape index (κ1) is 20.1. The molecule has 1 heterocycles. The van der Waals surface area contributed by atoms with E-state index in [1.807, 2.05) is 24.3 Å². The molecule has 9 N–H and O–H groups in total. The van der Waals surface area contributed by atoms with Crippen LogP contribution in [-0.2, 0) is 11.2 Å². The van der Waals surface area contributed by atoms with Crippen molar-refractivity contribution in [2.24, 2.45) is 11.5 Å². The van der Waals surface area contributed by atoms with Gasteiger partial charge in [-0.1, -0.05) is 36.4 Å². The molecule has 29 heavy (non-hydrogen) atoms. The second-order valence-electron chi connectivity index (χ2n) is 6.91. The Morgan fingerprint density at radius 3 is 2.31 bits per heavy atom. The van der Waals surface area contributed by atoms with Crippen LogP contribution in [0.1, 0.15) is 23.6 Å². The molecule has 0 amide bonds. The van der Waals surface area contributed by atoms with Crippen molar-refractivity contribution < 1.29 is 9.90 Å². The lowest BCUT2D eigenvalue weighted by molar-refractivity contribution is -0.138. The van der Waals surface area contributed by atoms with Crippen molar-refractivity contribution >= 4 is 28.5 Å². The van der Waals surface area contributed by atoms with E-state index in [2.05, 4.69) is 10.3 Å². The summed E-state index contributed by atoms with van der Waals surface area (Å²) < 4.78 is 0. The molecule has 1 unspecified atom stereocenters. The van der Waals surface area contributed by atoms with Gasteiger partial charge in [-0.25, -0.2) is 0 Å². The van der Waals surface area contributed by atoms with Gasteiger partial charge >= 0.3 is 5.97 Å². The second kappa shape index (κ2) is 8.15. The van der Waals surface area contributed by atoms with E-state index >= 15 is 0 Å². The predicted molar refractivity (Wildman–Crippen MR) is 115 cm³/mol. The zero-order valence-corrected chi connectivity index (χ0v) is 16.0. The third kappa shape index (κ3) is 4.27. The standard InChI is InChI=1S/C21H24N6O2/c1-11(21(28)29)26-9-8-16-15-7-6-14(20(24)25)10-17(15)27-18(16)12-2-4-13(5-3-12)19(22)23/h2-7,10-11,26-27H,8-9H2,1H3,(H3,22,23)(H3,24,25)(H,28,29). The molecule has 2 aromatic carbocycles. The molecule has 1 atom stereocenters. The number of nitrogens with two attached hydrogens (primary N) is 2. The number of benzene rings is 2. The molecule has 150 valence electrons. The molecule has 0 fully saturated rings. The first-order chi connectivity index (χ1) is 13.8. The number of nitrogen functional groups attached to an aromatic ring is 2. The minimum absolute atomic E-state index is 0.00591. The van der Waals surface area contributed by atoms with Crippen LogP contribution in [-0.4, -0.2) is 40.3 Å². The normalized spacial score (nSPS) is 12.0. The molecule has 8 heteroatoms. The van der Waals surface area contributed by atoms with Gasteiger partial charge in [-0.3, -0.25) is 15.6 Å². The molecular weight excluding hydrogens is 368 g/mol. The van der Waals surface area contributed by atoms with Gasteiger partial charge in [0.2, 0.25) is 0 Å². The van der Waals surface area contributed by atoms with Crippen LogP contribution in [0.2, 0.25) is 0 Å². The lowest BCUT2D eigenvalue weighted by Crippen LogP contribution is -2.35. The number of hydrogen-bond donors (Lipinski definition) is 7. The highest BCUT2D eigenvalue weighted by Crippen LogP contribution is 2.31. The van der Waals surface area contributed by atoms with Crippen LogP contribution in [0.15, 0.2) is 42.5 Å². The van der Waals surface area contributed by atoms with E-state index < -0.39 is 12.0 Å². The molecule has 0 aliphatic carbocycles. The smallest absolute Gasteiger partial charge is 0.320 e. The molecule has 8 nitrogen and oxygen atoms in total. The molecule has 0 aliphatic heterocycles. The molecule has 0 radical (unpaired) electrons. The van der Waals surface area contributed by atoms with Gasteiger partial charge in [0.05, 0.1) is 0 Å². The number of carboxylic acid groups (broad SMARTS) is 1. The molecule has 3 aromatic rings. The van der Waals surface area contributed by atoms with Crippen LogP contribution >= 0.6 is 0 Å². The fourth-order valence-electron chi connectivity index (χ4n) is 3.25. The Kier molecular flexibility index (Phi) is 5.65. The van der Waals surface area contributed by atoms with E-state index in [1.165, 1.54) is 0 Å². The molecule has 0 saturated carbocycles. The lowest BCUT2D eigenvalue weighted by Gasteiger charge is -2.10. The van der Waals surface area contributed by atoms with Crippen LogP contribution < -0.4 is 16.8 Å².